The number of hydrogen-bond acceptors (Lipinski definition) is 7. The van der Waals surface area contributed by atoms with E-state index in [-0.39, 0.29) is 39.6 Å². The Morgan fingerprint density at radius 3 is 2.32 bits per heavy atom. The van der Waals surface area contributed by atoms with Crippen LogP contribution in [-0.2, 0) is 14.8 Å². The Hall–Kier alpha value is -3.74. The largest absolute Gasteiger partial charge is 0.476 e. The van der Waals surface area contributed by atoms with Crippen LogP contribution in [-0.4, -0.2) is 77.6 Å². The number of likely N-dealkylation sites (N-methyl/N-ethyl adjacent to an activating group) is 1. The number of rotatable bonds is 8. The topological polar surface area (TPSA) is 134 Å². The van der Waals surface area contributed by atoms with Gasteiger partial charge in [0.2, 0.25) is 21.8 Å². The highest BCUT2D eigenvalue weighted by molar-refractivity contribution is 7.89. The van der Waals surface area contributed by atoms with Crippen molar-refractivity contribution in [1.82, 2.24) is 19.0 Å². The zero-order valence-corrected chi connectivity index (χ0v) is 22.5. The normalized spacial score (nSPS) is 15.0. The lowest BCUT2D eigenvalue weighted by molar-refractivity contribution is -0.118. The second kappa shape index (κ2) is 10.9. The molecule has 0 radical (unpaired) electrons. The molecule has 11 nitrogen and oxygen atoms in total. The number of piperazine rings is 1. The number of amides is 1. The number of hydrogen-bond donors (Lipinski definition) is 2. The number of anilines is 1. The van der Waals surface area contributed by atoms with E-state index in [0.717, 1.165) is 0 Å². The van der Waals surface area contributed by atoms with Crippen molar-refractivity contribution in [2.45, 2.75) is 25.7 Å². The van der Waals surface area contributed by atoms with Crippen LogP contribution in [0.3, 0.4) is 0 Å². The monoisotopic (exact) mass is 541 g/mol. The van der Waals surface area contributed by atoms with Crippen molar-refractivity contribution in [2.75, 3.05) is 38.5 Å². The van der Waals surface area contributed by atoms with E-state index in [9.17, 15) is 23.1 Å². The Morgan fingerprint density at radius 1 is 1.05 bits per heavy atom. The zero-order chi connectivity index (χ0) is 27.6. The number of carboxylic acid groups (broad SMARTS) is 1. The molecule has 0 aliphatic carbocycles. The van der Waals surface area contributed by atoms with Crippen LogP contribution in [0, 0.1) is 12.8 Å². The number of benzene rings is 2. The summed E-state index contributed by atoms with van der Waals surface area (Å²) in [7, 11) is -2.11. The Balaban J connectivity index is 1.83. The number of ether oxygens (including phenoxy) is 1. The predicted molar refractivity (Wildman–Crippen MR) is 141 cm³/mol. The van der Waals surface area contributed by atoms with Crippen molar-refractivity contribution in [3.05, 3.63) is 59.8 Å². The second-order valence-corrected chi connectivity index (χ2v) is 11.4. The molecule has 12 heteroatoms. The number of sulfonamides is 1. The highest BCUT2D eigenvalue weighted by atomic mass is 32.2. The zero-order valence-electron chi connectivity index (χ0n) is 21.7. The Kier molecular flexibility index (Phi) is 7.86. The number of aromatic nitrogens is 2. The van der Waals surface area contributed by atoms with Crippen LogP contribution in [0.15, 0.2) is 53.4 Å². The van der Waals surface area contributed by atoms with Crippen LogP contribution in [0.2, 0.25) is 0 Å². The average Bonchev–Trinajstić information content (AvgIpc) is 3.21. The SMILES string of the molecule is Cc1c(C(=O)O)nn(-c2ccccc2)c1Oc1ccc(NC(=O)C(C)C)cc1S(=O)(=O)N1CCN(C)CC1. The number of nitrogens with one attached hydrogen (secondary N) is 1. The van der Waals surface area contributed by atoms with E-state index >= 15 is 0 Å². The van der Waals surface area contributed by atoms with Gasteiger partial charge in [-0.05, 0) is 44.3 Å². The third-order valence-electron chi connectivity index (χ3n) is 6.29. The Labute approximate surface area is 221 Å². The van der Waals surface area contributed by atoms with Crippen LogP contribution < -0.4 is 10.1 Å². The molecule has 3 aromatic rings. The van der Waals surface area contributed by atoms with Gasteiger partial charge in [-0.2, -0.15) is 14.1 Å². The minimum absolute atomic E-state index is 0.0106. The van der Waals surface area contributed by atoms with Crippen LogP contribution >= 0.6 is 0 Å². The fourth-order valence-electron chi connectivity index (χ4n) is 3.98. The predicted octanol–water partition coefficient (Wildman–Crippen LogP) is 3.20. The van der Waals surface area contributed by atoms with Gasteiger partial charge in [-0.3, -0.25) is 4.79 Å². The summed E-state index contributed by atoms with van der Waals surface area (Å²) in [5.41, 5.74) is 0.875. The average molecular weight is 542 g/mol. The smallest absolute Gasteiger partial charge is 0.356 e. The Morgan fingerprint density at radius 2 is 1.71 bits per heavy atom. The van der Waals surface area contributed by atoms with Crippen LogP contribution in [0.1, 0.15) is 29.9 Å². The van der Waals surface area contributed by atoms with Gasteiger partial charge in [0.05, 0.1) is 5.69 Å². The van der Waals surface area contributed by atoms with Crippen molar-refractivity contribution in [1.29, 1.82) is 0 Å². The summed E-state index contributed by atoms with van der Waals surface area (Å²) in [4.78, 5) is 26.1. The summed E-state index contributed by atoms with van der Waals surface area (Å²) in [6.45, 7) is 6.76. The third-order valence-corrected chi connectivity index (χ3v) is 8.21. The molecule has 202 valence electrons. The van der Waals surface area contributed by atoms with E-state index in [1.165, 1.54) is 21.1 Å². The summed E-state index contributed by atoms with van der Waals surface area (Å²) in [6, 6.07) is 13.2. The van der Waals surface area contributed by atoms with Gasteiger partial charge in [-0.1, -0.05) is 32.0 Å². The molecule has 0 bridgehead atoms. The highest BCUT2D eigenvalue weighted by Gasteiger charge is 2.32. The van der Waals surface area contributed by atoms with Crippen LogP contribution in [0.5, 0.6) is 11.6 Å². The van der Waals surface area contributed by atoms with Gasteiger partial charge in [-0.25, -0.2) is 13.2 Å². The molecule has 2 aromatic carbocycles. The maximum atomic E-state index is 13.8. The van der Waals surface area contributed by atoms with E-state index < -0.39 is 16.0 Å². The molecule has 4 rings (SSSR count). The molecule has 0 saturated carbocycles. The number of aromatic carboxylic acids is 1. The second-order valence-electron chi connectivity index (χ2n) is 9.45. The number of carbonyl (C=O) groups is 2. The molecule has 0 unspecified atom stereocenters. The standard InChI is InChI=1S/C26H31N5O6S/c1-17(2)24(32)27-19-10-11-21(22(16-19)38(35,36)30-14-12-29(4)13-15-30)37-25-18(3)23(26(33)34)28-31(25)20-8-6-5-7-9-20/h5-11,16-17H,12-15H2,1-4H3,(H,27,32)(H,33,34). The molecule has 1 aromatic heterocycles. The van der Waals surface area contributed by atoms with E-state index in [0.29, 0.717) is 37.6 Å². The summed E-state index contributed by atoms with van der Waals surface area (Å²) in [5, 5.41) is 16.6. The lowest BCUT2D eigenvalue weighted by Gasteiger charge is -2.32. The molecule has 1 amide bonds. The summed E-state index contributed by atoms with van der Waals surface area (Å²) in [5.74, 6) is -1.74. The third kappa shape index (κ3) is 5.57. The first-order valence-corrected chi connectivity index (χ1v) is 13.6. The number of carboxylic acids is 1. The molecular weight excluding hydrogens is 510 g/mol. The minimum atomic E-state index is -4.03. The summed E-state index contributed by atoms with van der Waals surface area (Å²) in [6.07, 6.45) is 0. The minimum Gasteiger partial charge on any atom is -0.476 e. The van der Waals surface area contributed by atoms with Gasteiger partial charge in [0.15, 0.2) is 5.69 Å². The molecule has 38 heavy (non-hydrogen) atoms. The van der Waals surface area contributed by atoms with Crippen molar-refractivity contribution >= 4 is 27.6 Å². The fourth-order valence-corrected chi connectivity index (χ4v) is 5.54. The molecule has 1 aliphatic rings. The number of para-hydroxylation sites is 1. The maximum absolute atomic E-state index is 13.8. The molecule has 2 N–H and O–H groups in total. The van der Waals surface area contributed by atoms with Gasteiger partial charge in [0.1, 0.15) is 10.6 Å². The first-order valence-electron chi connectivity index (χ1n) is 12.2. The van der Waals surface area contributed by atoms with Crippen LogP contribution in [0.4, 0.5) is 5.69 Å². The molecule has 1 saturated heterocycles. The summed E-state index contributed by atoms with van der Waals surface area (Å²) < 4.78 is 36.5. The van der Waals surface area contributed by atoms with E-state index in [1.807, 2.05) is 18.0 Å². The van der Waals surface area contributed by atoms with E-state index in [2.05, 4.69) is 10.4 Å². The van der Waals surface area contributed by atoms with Gasteiger partial charge >= 0.3 is 5.97 Å². The molecular formula is C26H31N5O6S. The van der Waals surface area contributed by atoms with Crippen molar-refractivity contribution in [3.63, 3.8) is 0 Å². The summed E-state index contributed by atoms with van der Waals surface area (Å²) >= 11 is 0. The Bertz CT molecular complexity index is 1440. The van der Waals surface area contributed by atoms with E-state index in [1.54, 1.807) is 51.1 Å². The van der Waals surface area contributed by atoms with Gasteiger partial charge < -0.3 is 20.1 Å². The number of carbonyl (C=O) groups excluding carboxylic acids is 1. The van der Waals surface area contributed by atoms with Gasteiger partial charge in [-0.15, -0.1) is 0 Å². The lowest BCUT2D eigenvalue weighted by Crippen LogP contribution is -2.47. The fraction of sp³-hybridized carbons (Fsp3) is 0.346. The van der Waals surface area contributed by atoms with Crippen molar-refractivity contribution in [3.8, 4) is 17.3 Å². The molecule has 0 atom stereocenters. The first kappa shape index (κ1) is 27.3. The molecule has 1 aliphatic heterocycles. The molecule has 2 heterocycles. The van der Waals surface area contributed by atoms with Gasteiger partial charge in [0, 0.05) is 43.3 Å². The highest BCUT2D eigenvalue weighted by Crippen LogP contribution is 2.36. The van der Waals surface area contributed by atoms with Gasteiger partial charge in [0.25, 0.3) is 0 Å². The van der Waals surface area contributed by atoms with Crippen molar-refractivity contribution < 1.29 is 27.9 Å². The van der Waals surface area contributed by atoms with Crippen molar-refractivity contribution in [2.24, 2.45) is 5.92 Å². The first-order chi connectivity index (χ1) is 18.0. The van der Waals surface area contributed by atoms with Crippen LogP contribution in [0.25, 0.3) is 5.69 Å². The molecule has 1 fully saturated rings. The quantitative estimate of drug-likeness (QED) is 0.444. The lowest BCUT2D eigenvalue weighted by atomic mass is 10.2. The molecule has 0 spiro atoms. The number of nitrogens with zero attached hydrogens (tertiary/aromatic N) is 4. The maximum Gasteiger partial charge on any atom is 0.356 e. The van der Waals surface area contributed by atoms with E-state index in [4.69, 9.17) is 4.74 Å².